The second kappa shape index (κ2) is 10.5. The lowest BCUT2D eigenvalue weighted by atomic mass is 9.88. The van der Waals surface area contributed by atoms with E-state index < -0.39 is 41.2 Å². The van der Waals surface area contributed by atoms with Gasteiger partial charge in [-0.05, 0) is 37.8 Å². The Bertz CT molecular complexity index is 1150. The number of aromatic nitrogens is 2. The van der Waals surface area contributed by atoms with Crippen LogP contribution in [0, 0.1) is 25.7 Å². The number of hydrogen-bond acceptors (Lipinski definition) is 4. The first-order chi connectivity index (χ1) is 16.8. The van der Waals surface area contributed by atoms with Crippen LogP contribution >= 0.6 is 0 Å². The molecule has 0 atom stereocenters. The largest absolute Gasteiger partial charge is 0.430 e. The zero-order chi connectivity index (χ0) is 28.7. The summed E-state index contributed by atoms with van der Waals surface area (Å²) < 4.78 is 89.1. The number of anilines is 1. The molecule has 6 nitrogen and oxygen atoms in total. The summed E-state index contributed by atoms with van der Waals surface area (Å²) >= 11 is 0. The van der Waals surface area contributed by atoms with E-state index in [0.29, 0.717) is 24.6 Å². The first kappa shape index (κ1) is 30.3. The number of methoxy groups -OCH3 is 1. The highest BCUT2D eigenvalue weighted by atomic mass is 19.4. The van der Waals surface area contributed by atoms with Crippen molar-refractivity contribution in [1.29, 1.82) is 0 Å². The van der Waals surface area contributed by atoms with Crippen molar-refractivity contribution in [1.82, 2.24) is 9.78 Å². The van der Waals surface area contributed by atoms with Crippen LogP contribution in [0.4, 0.5) is 32.0 Å². The number of aryl methyl sites for hydroxylation is 2. The molecule has 2 amide bonds. The molecule has 0 fully saturated rings. The molecule has 0 saturated carbocycles. The first-order valence-corrected chi connectivity index (χ1v) is 11.5. The Labute approximate surface area is 211 Å². The molecule has 12 heteroatoms. The summed E-state index contributed by atoms with van der Waals surface area (Å²) in [7, 11) is 1.94. The lowest BCUT2D eigenvalue weighted by Gasteiger charge is -2.37. The summed E-state index contributed by atoms with van der Waals surface area (Å²) in [5.74, 6) is -2.40. The van der Waals surface area contributed by atoms with E-state index in [2.05, 4.69) is 9.84 Å². The van der Waals surface area contributed by atoms with Crippen molar-refractivity contribution < 1.29 is 40.7 Å². The van der Waals surface area contributed by atoms with Gasteiger partial charge in [-0.3, -0.25) is 14.3 Å². The van der Waals surface area contributed by atoms with E-state index in [1.165, 1.54) is 18.5 Å². The van der Waals surface area contributed by atoms with Gasteiger partial charge < -0.3 is 4.74 Å². The highest BCUT2D eigenvalue weighted by Crippen LogP contribution is 2.53. The smallest absolute Gasteiger partial charge is 0.357 e. The van der Waals surface area contributed by atoms with Gasteiger partial charge in [0.2, 0.25) is 5.91 Å². The van der Waals surface area contributed by atoms with Crippen molar-refractivity contribution in [2.45, 2.75) is 65.9 Å². The fourth-order valence-corrected chi connectivity index (χ4v) is 4.24. The van der Waals surface area contributed by atoms with Crippen LogP contribution in [0.5, 0.6) is 0 Å². The molecular formula is C25H31F6N3O3. The summed E-state index contributed by atoms with van der Waals surface area (Å²) in [5, 5.41) is 4.19. The van der Waals surface area contributed by atoms with E-state index in [-0.39, 0.29) is 29.2 Å². The van der Waals surface area contributed by atoms with Crippen LogP contribution in [0.2, 0.25) is 0 Å². The maximum atomic E-state index is 13.9. The fraction of sp³-hybridized carbons (Fsp3) is 0.560. The standard InChI is InChI=1S/C25H31F6N3O3/c1-13(2)11-17-12-18(23(37-8,24(26,27)28)25(29,30)31)9-10-19(17)34(21(35)14(3)4)22(36)20-15(5)32-33(7)16(20)6/h9-10,12-14H,11H2,1-8H3. The Morgan fingerprint density at radius 3 is 1.95 bits per heavy atom. The molecule has 0 N–H and O–H groups in total. The number of alkyl halides is 6. The second-order valence-electron chi connectivity index (χ2n) is 9.63. The third kappa shape index (κ3) is 5.39. The van der Waals surface area contributed by atoms with Gasteiger partial charge in [0.1, 0.15) is 0 Å². The number of rotatable bonds is 7. The minimum absolute atomic E-state index is 0.0150. The van der Waals surface area contributed by atoms with Crippen LogP contribution in [-0.4, -0.2) is 41.1 Å². The van der Waals surface area contributed by atoms with Crippen molar-refractivity contribution in [3.63, 3.8) is 0 Å². The second-order valence-corrected chi connectivity index (χ2v) is 9.63. The predicted molar refractivity (Wildman–Crippen MR) is 125 cm³/mol. The SMILES string of the molecule is COC(c1ccc(N(C(=O)c2c(C)nn(C)c2C)C(=O)C(C)C)c(CC(C)C)c1)(C(F)(F)F)C(F)(F)F. The van der Waals surface area contributed by atoms with Gasteiger partial charge in [-0.1, -0.05) is 39.8 Å². The Kier molecular flexibility index (Phi) is 8.58. The van der Waals surface area contributed by atoms with E-state index in [1.807, 2.05) is 0 Å². The number of benzene rings is 1. The third-order valence-corrected chi connectivity index (χ3v) is 6.10. The number of halogens is 6. The van der Waals surface area contributed by atoms with Crippen LogP contribution in [0.1, 0.15) is 60.6 Å². The molecule has 37 heavy (non-hydrogen) atoms. The monoisotopic (exact) mass is 535 g/mol. The molecule has 206 valence electrons. The summed E-state index contributed by atoms with van der Waals surface area (Å²) in [6.07, 6.45) is -11.7. The van der Waals surface area contributed by atoms with Gasteiger partial charge in [0.15, 0.2) is 0 Å². The minimum Gasteiger partial charge on any atom is -0.357 e. The summed E-state index contributed by atoms with van der Waals surface area (Å²) in [4.78, 5) is 27.8. The van der Waals surface area contributed by atoms with E-state index in [1.54, 1.807) is 34.7 Å². The molecule has 0 unspecified atom stereocenters. The average molecular weight is 536 g/mol. The van der Waals surface area contributed by atoms with Gasteiger partial charge in [0, 0.05) is 31.3 Å². The van der Waals surface area contributed by atoms with Crippen molar-refractivity contribution in [2.75, 3.05) is 12.0 Å². The number of imide groups is 1. The van der Waals surface area contributed by atoms with Gasteiger partial charge in [-0.2, -0.15) is 31.4 Å². The van der Waals surface area contributed by atoms with Crippen molar-refractivity contribution >= 4 is 17.5 Å². The molecule has 0 saturated heterocycles. The van der Waals surface area contributed by atoms with E-state index in [9.17, 15) is 35.9 Å². The molecule has 0 aliphatic carbocycles. The van der Waals surface area contributed by atoms with Crippen LogP contribution in [0.15, 0.2) is 18.2 Å². The molecule has 0 radical (unpaired) electrons. The van der Waals surface area contributed by atoms with Crippen molar-refractivity contribution in [3.05, 3.63) is 46.3 Å². The summed E-state index contributed by atoms with van der Waals surface area (Å²) in [5.41, 5.74) is -5.06. The number of carbonyl (C=O) groups excluding carboxylic acids is 2. The van der Waals surface area contributed by atoms with Gasteiger partial charge >= 0.3 is 12.4 Å². The van der Waals surface area contributed by atoms with E-state index >= 15 is 0 Å². The first-order valence-electron chi connectivity index (χ1n) is 11.5. The molecule has 1 aromatic carbocycles. The molecule has 1 heterocycles. The molecule has 0 aliphatic rings. The summed E-state index contributed by atoms with van der Waals surface area (Å²) in [6.45, 7) is 9.66. The van der Waals surface area contributed by atoms with Crippen LogP contribution in [0.25, 0.3) is 0 Å². The Morgan fingerprint density at radius 2 is 1.57 bits per heavy atom. The minimum atomic E-state index is -5.84. The number of hydrogen-bond donors (Lipinski definition) is 0. The maximum absolute atomic E-state index is 13.9. The van der Waals surface area contributed by atoms with E-state index in [0.717, 1.165) is 17.0 Å². The highest BCUT2D eigenvalue weighted by molar-refractivity contribution is 6.22. The van der Waals surface area contributed by atoms with Gasteiger partial charge in [0.05, 0.1) is 16.9 Å². The quantitative estimate of drug-likeness (QED) is 0.406. The average Bonchev–Trinajstić information content (AvgIpc) is 2.98. The Balaban J connectivity index is 2.91. The van der Waals surface area contributed by atoms with Crippen molar-refractivity contribution in [2.24, 2.45) is 18.9 Å². The van der Waals surface area contributed by atoms with E-state index in [4.69, 9.17) is 0 Å². The zero-order valence-electron chi connectivity index (χ0n) is 21.9. The van der Waals surface area contributed by atoms with Crippen LogP contribution < -0.4 is 4.90 Å². The third-order valence-electron chi connectivity index (χ3n) is 6.10. The molecule has 2 aromatic rings. The topological polar surface area (TPSA) is 64.4 Å². The maximum Gasteiger partial charge on any atom is 0.430 e. The lowest BCUT2D eigenvalue weighted by molar-refractivity contribution is -0.383. The molecule has 1 aromatic heterocycles. The number of nitrogens with zero attached hydrogens (tertiary/aromatic N) is 3. The molecule has 2 rings (SSSR count). The number of amides is 2. The van der Waals surface area contributed by atoms with Gasteiger partial charge in [-0.15, -0.1) is 0 Å². The fourth-order valence-electron chi connectivity index (χ4n) is 4.24. The zero-order valence-corrected chi connectivity index (χ0v) is 21.9. The highest BCUT2D eigenvalue weighted by Gasteiger charge is 2.73. The molecule has 0 bridgehead atoms. The number of ether oxygens (including phenoxy) is 1. The molecular weight excluding hydrogens is 504 g/mol. The number of carbonyl (C=O) groups is 2. The normalized spacial score (nSPS) is 13.0. The molecule has 0 spiro atoms. The Morgan fingerprint density at radius 1 is 1.03 bits per heavy atom. The van der Waals surface area contributed by atoms with Crippen molar-refractivity contribution in [3.8, 4) is 0 Å². The van der Waals surface area contributed by atoms with Gasteiger partial charge in [0.25, 0.3) is 11.5 Å². The van der Waals surface area contributed by atoms with Crippen LogP contribution in [0.3, 0.4) is 0 Å². The summed E-state index contributed by atoms with van der Waals surface area (Å²) in [6, 6.07) is 2.26. The molecule has 0 aliphatic heterocycles. The van der Waals surface area contributed by atoms with Crippen LogP contribution in [-0.2, 0) is 28.6 Å². The predicted octanol–water partition coefficient (Wildman–Crippen LogP) is 6.03. The Hall–Kier alpha value is -2.89. The lowest BCUT2D eigenvalue weighted by Crippen LogP contribution is -2.55. The van der Waals surface area contributed by atoms with Gasteiger partial charge in [-0.25, -0.2) is 4.90 Å².